The van der Waals surface area contributed by atoms with Crippen LogP contribution in [0.3, 0.4) is 0 Å². The van der Waals surface area contributed by atoms with Crippen molar-refractivity contribution in [1.82, 2.24) is 0 Å². The molecule has 0 spiro atoms. The molecular formula is C17H16O5. The molecule has 0 heterocycles. The first-order chi connectivity index (χ1) is 10.6. The van der Waals surface area contributed by atoms with Crippen LogP contribution in [-0.2, 0) is 0 Å². The number of rotatable bonds is 6. The zero-order valence-corrected chi connectivity index (χ0v) is 12.6. The van der Waals surface area contributed by atoms with Crippen molar-refractivity contribution in [3.8, 4) is 17.2 Å². The molecule has 0 unspecified atom stereocenters. The molecule has 0 aliphatic carbocycles. The Hall–Kier alpha value is -2.82. The summed E-state index contributed by atoms with van der Waals surface area (Å²) >= 11 is 0. The van der Waals surface area contributed by atoms with Crippen molar-refractivity contribution >= 4 is 11.6 Å². The van der Waals surface area contributed by atoms with E-state index in [9.17, 15) is 9.59 Å². The predicted octanol–water partition coefficient (Wildman–Crippen LogP) is 2.78. The Kier molecular flexibility index (Phi) is 4.78. The molecule has 0 aromatic heterocycles. The average Bonchev–Trinajstić information content (AvgIpc) is 2.59. The highest BCUT2D eigenvalue weighted by Crippen LogP contribution is 2.28. The maximum absolute atomic E-state index is 12.3. The molecule has 2 rings (SSSR count). The van der Waals surface area contributed by atoms with E-state index < -0.39 is 11.6 Å². The van der Waals surface area contributed by atoms with Crippen molar-refractivity contribution in [2.24, 2.45) is 0 Å². The van der Waals surface area contributed by atoms with Crippen LogP contribution >= 0.6 is 0 Å². The Bertz CT molecular complexity index is 689. The molecule has 0 fully saturated rings. The lowest BCUT2D eigenvalue weighted by molar-refractivity contribution is 0.0816. The van der Waals surface area contributed by atoms with Crippen LogP contribution in [-0.4, -0.2) is 32.9 Å². The molecule has 0 aliphatic rings. The van der Waals surface area contributed by atoms with Crippen molar-refractivity contribution in [3.63, 3.8) is 0 Å². The van der Waals surface area contributed by atoms with Gasteiger partial charge in [-0.1, -0.05) is 0 Å². The number of hydrogen-bond donors (Lipinski definition) is 0. The van der Waals surface area contributed by atoms with Gasteiger partial charge in [-0.3, -0.25) is 9.59 Å². The van der Waals surface area contributed by atoms with Crippen molar-refractivity contribution in [2.75, 3.05) is 21.3 Å². The summed E-state index contributed by atoms with van der Waals surface area (Å²) in [4.78, 5) is 24.5. The molecule has 2 aromatic carbocycles. The maximum atomic E-state index is 12.3. The molecule has 5 nitrogen and oxygen atoms in total. The molecule has 0 atom stereocenters. The largest absolute Gasteiger partial charge is 0.497 e. The SMILES string of the molecule is COc1ccc(C(=O)C(=O)c2ccc(OC)c(OC)c2)cc1. The first-order valence-electron chi connectivity index (χ1n) is 6.55. The van der Waals surface area contributed by atoms with Gasteiger partial charge in [0.2, 0.25) is 11.6 Å². The first-order valence-corrected chi connectivity index (χ1v) is 6.55. The van der Waals surface area contributed by atoms with E-state index in [4.69, 9.17) is 14.2 Å². The van der Waals surface area contributed by atoms with Crippen LogP contribution in [0.1, 0.15) is 20.7 Å². The van der Waals surface area contributed by atoms with E-state index in [1.807, 2.05) is 0 Å². The summed E-state index contributed by atoms with van der Waals surface area (Å²) < 4.78 is 15.3. The number of methoxy groups -OCH3 is 3. The first kappa shape index (κ1) is 15.6. The van der Waals surface area contributed by atoms with Crippen molar-refractivity contribution in [2.45, 2.75) is 0 Å². The fourth-order valence-corrected chi connectivity index (χ4v) is 1.98. The van der Waals surface area contributed by atoms with E-state index in [1.165, 1.54) is 33.5 Å². The van der Waals surface area contributed by atoms with Crippen LogP contribution in [0, 0.1) is 0 Å². The minimum absolute atomic E-state index is 0.249. The van der Waals surface area contributed by atoms with Crippen LogP contribution in [0.25, 0.3) is 0 Å². The molecule has 0 saturated carbocycles. The van der Waals surface area contributed by atoms with E-state index in [-0.39, 0.29) is 5.56 Å². The Morgan fingerprint density at radius 1 is 0.682 bits per heavy atom. The highest BCUT2D eigenvalue weighted by molar-refractivity contribution is 6.49. The fraction of sp³-hybridized carbons (Fsp3) is 0.176. The number of carbonyl (C=O) groups excluding carboxylic acids is 2. The van der Waals surface area contributed by atoms with Crippen LogP contribution in [0.15, 0.2) is 42.5 Å². The van der Waals surface area contributed by atoms with E-state index in [1.54, 1.807) is 30.3 Å². The minimum atomic E-state index is -0.605. The topological polar surface area (TPSA) is 61.8 Å². The zero-order chi connectivity index (χ0) is 16.1. The van der Waals surface area contributed by atoms with Gasteiger partial charge in [0.1, 0.15) is 5.75 Å². The third-order valence-electron chi connectivity index (χ3n) is 3.20. The van der Waals surface area contributed by atoms with Crippen molar-refractivity contribution in [3.05, 3.63) is 53.6 Å². The number of hydrogen-bond acceptors (Lipinski definition) is 5. The third-order valence-corrected chi connectivity index (χ3v) is 3.20. The number of ether oxygens (including phenoxy) is 3. The van der Waals surface area contributed by atoms with Crippen LogP contribution in [0.4, 0.5) is 0 Å². The smallest absolute Gasteiger partial charge is 0.233 e. The van der Waals surface area contributed by atoms with Gasteiger partial charge >= 0.3 is 0 Å². The summed E-state index contributed by atoms with van der Waals surface area (Å²) in [7, 11) is 4.50. The van der Waals surface area contributed by atoms with Crippen molar-refractivity contribution in [1.29, 1.82) is 0 Å². The quantitative estimate of drug-likeness (QED) is 0.606. The van der Waals surface area contributed by atoms with Gasteiger partial charge in [-0.2, -0.15) is 0 Å². The van der Waals surface area contributed by atoms with E-state index >= 15 is 0 Å². The molecule has 22 heavy (non-hydrogen) atoms. The lowest BCUT2D eigenvalue weighted by Gasteiger charge is -2.09. The summed E-state index contributed by atoms with van der Waals surface area (Å²) in [6.45, 7) is 0. The van der Waals surface area contributed by atoms with Gasteiger partial charge in [0.25, 0.3) is 0 Å². The lowest BCUT2D eigenvalue weighted by atomic mass is 10.0. The molecule has 0 radical (unpaired) electrons. The standard InChI is InChI=1S/C17H16O5/c1-20-13-7-4-11(5-8-13)16(18)17(19)12-6-9-14(21-2)15(10-12)22-3/h4-10H,1-3H3. The summed E-state index contributed by atoms with van der Waals surface area (Å²) in [6, 6.07) is 11.0. The number of Topliss-reactive ketones (excluding diaryl/α,β-unsaturated/α-hetero) is 2. The van der Waals surface area contributed by atoms with Gasteiger partial charge in [-0.05, 0) is 42.5 Å². The summed E-state index contributed by atoms with van der Waals surface area (Å²) in [5.41, 5.74) is 0.555. The second kappa shape index (κ2) is 6.76. The van der Waals surface area contributed by atoms with E-state index in [0.717, 1.165) is 0 Å². The van der Waals surface area contributed by atoms with E-state index in [2.05, 4.69) is 0 Å². The van der Waals surface area contributed by atoms with Crippen LogP contribution in [0.2, 0.25) is 0 Å². The summed E-state index contributed by atoms with van der Waals surface area (Å²) in [6.07, 6.45) is 0. The van der Waals surface area contributed by atoms with Gasteiger partial charge in [0.05, 0.1) is 21.3 Å². The zero-order valence-electron chi connectivity index (χ0n) is 12.6. The molecule has 0 aliphatic heterocycles. The monoisotopic (exact) mass is 300 g/mol. The van der Waals surface area contributed by atoms with E-state index in [0.29, 0.717) is 22.8 Å². The van der Waals surface area contributed by atoms with Gasteiger partial charge in [-0.25, -0.2) is 0 Å². The molecule has 0 saturated heterocycles. The molecule has 0 N–H and O–H groups in total. The van der Waals surface area contributed by atoms with Gasteiger partial charge < -0.3 is 14.2 Å². The molecule has 0 bridgehead atoms. The number of carbonyl (C=O) groups is 2. The molecule has 5 heteroatoms. The normalized spacial score (nSPS) is 9.95. The lowest BCUT2D eigenvalue weighted by Crippen LogP contribution is -2.14. The average molecular weight is 300 g/mol. The molecule has 114 valence electrons. The third kappa shape index (κ3) is 3.09. The highest BCUT2D eigenvalue weighted by Gasteiger charge is 2.20. The van der Waals surface area contributed by atoms with Gasteiger partial charge in [0.15, 0.2) is 11.5 Å². The van der Waals surface area contributed by atoms with Crippen LogP contribution < -0.4 is 14.2 Å². The number of ketones is 2. The Labute approximate surface area is 128 Å². The number of benzene rings is 2. The molecule has 0 amide bonds. The highest BCUT2D eigenvalue weighted by atomic mass is 16.5. The Balaban J connectivity index is 2.28. The molecule has 2 aromatic rings. The van der Waals surface area contributed by atoms with Crippen LogP contribution in [0.5, 0.6) is 17.2 Å². The summed E-state index contributed by atoms with van der Waals surface area (Å²) in [5, 5.41) is 0. The fourth-order valence-electron chi connectivity index (χ4n) is 1.98. The molecular weight excluding hydrogens is 284 g/mol. The van der Waals surface area contributed by atoms with Crippen molar-refractivity contribution < 1.29 is 23.8 Å². The Morgan fingerprint density at radius 2 is 1.23 bits per heavy atom. The maximum Gasteiger partial charge on any atom is 0.233 e. The predicted molar refractivity (Wildman–Crippen MR) is 81.2 cm³/mol. The van der Waals surface area contributed by atoms with Gasteiger partial charge in [0, 0.05) is 11.1 Å². The second-order valence-corrected chi connectivity index (χ2v) is 4.46. The minimum Gasteiger partial charge on any atom is -0.497 e. The summed E-state index contributed by atoms with van der Waals surface area (Å²) in [5.74, 6) is 0.322. The van der Waals surface area contributed by atoms with Gasteiger partial charge in [-0.15, -0.1) is 0 Å². The Morgan fingerprint density at radius 3 is 1.77 bits per heavy atom. The second-order valence-electron chi connectivity index (χ2n) is 4.46.